The average molecular weight is 338 g/mol. The molecule has 122 valence electrons. The van der Waals surface area contributed by atoms with Gasteiger partial charge in [-0.1, -0.05) is 11.6 Å². The summed E-state index contributed by atoms with van der Waals surface area (Å²) in [5.41, 5.74) is 0.886. The average Bonchev–Trinajstić information content (AvgIpc) is 3.16. The van der Waals surface area contributed by atoms with E-state index >= 15 is 0 Å². The van der Waals surface area contributed by atoms with E-state index in [9.17, 15) is 14.4 Å². The van der Waals surface area contributed by atoms with Gasteiger partial charge in [-0.2, -0.15) is 0 Å². The number of rotatable bonds is 3. The van der Waals surface area contributed by atoms with Gasteiger partial charge in [0.15, 0.2) is 0 Å². The predicted octanol–water partition coefficient (Wildman–Crippen LogP) is 1.42. The molecule has 2 heterocycles. The number of anilines is 1. The summed E-state index contributed by atoms with van der Waals surface area (Å²) in [4.78, 5) is 38.4. The Morgan fingerprint density at radius 2 is 2.09 bits per heavy atom. The number of hydrogen-bond donors (Lipinski definition) is 2. The third-order valence-electron chi connectivity index (χ3n) is 4.17. The summed E-state index contributed by atoms with van der Waals surface area (Å²) in [5, 5.41) is 12.0. The number of amides is 3. The fourth-order valence-corrected chi connectivity index (χ4v) is 3.08. The fraction of sp³-hybridized carbons (Fsp3) is 0.400. The van der Waals surface area contributed by atoms with E-state index < -0.39 is 11.9 Å². The van der Waals surface area contributed by atoms with Crippen LogP contribution in [0.4, 0.5) is 10.5 Å². The lowest BCUT2D eigenvalue weighted by atomic mass is 10.1. The molecule has 2 fully saturated rings. The molecule has 23 heavy (non-hydrogen) atoms. The highest BCUT2D eigenvalue weighted by Gasteiger charge is 2.32. The van der Waals surface area contributed by atoms with E-state index in [-0.39, 0.29) is 29.1 Å². The van der Waals surface area contributed by atoms with Crippen LogP contribution < -0.4 is 10.2 Å². The number of aliphatic carboxylic acids is 1. The molecule has 7 nitrogen and oxygen atoms in total. The summed E-state index contributed by atoms with van der Waals surface area (Å²) in [6.45, 7) is 1.65. The first-order chi connectivity index (χ1) is 11.0. The molecule has 0 unspecified atom stereocenters. The number of carbonyl (C=O) groups is 3. The highest BCUT2D eigenvalue weighted by atomic mass is 35.5. The molecule has 3 rings (SSSR count). The number of benzene rings is 1. The summed E-state index contributed by atoms with van der Waals surface area (Å²) in [6, 6.07) is 4.65. The molecule has 0 bridgehead atoms. The number of carboxylic acids is 1. The number of halogens is 1. The maximum absolute atomic E-state index is 12.6. The van der Waals surface area contributed by atoms with Crippen molar-refractivity contribution < 1.29 is 19.5 Å². The maximum Gasteiger partial charge on any atom is 0.321 e. The van der Waals surface area contributed by atoms with Gasteiger partial charge in [0.05, 0.1) is 16.5 Å². The van der Waals surface area contributed by atoms with Gasteiger partial charge in [-0.05, 0) is 24.6 Å². The van der Waals surface area contributed by atoms with E-state index in [2.05, 4.69) is 5.32 Å². The van der Waals surface area contributed by atoms with Crippen LogP contribution in [0.1, 0.15) is 16.8 Å². The van der Waals surface area contributed by atoms with Crippen LogP contribution in [0.25, 0.3) is 0 Å². The lowest BCUT2D eigenvalue weighted by Gasteiger charge is -2.19. The van der Waals surface area contributed by atoms with Gasteiger partial charge in [-0.25, -0.2) is 4.79 Å². The Kier molecular flexibility index (Phi) is 4.12. The second-order valence-electron chi connectivity index (χ2n) is 5.62. The quantitative estimate of drug-likeness (QED) is 0.872. The number of nitrogens with zero attached hydrogens (tertiary/aromatic N) is 2. The van der Waals surface area contributed by atoms with Crippen molar-refractivity contribution in [3.8, 4) is 0 Å². The fourth-order valence-electron chi connectivity index (χ4n) is 2.88. The molecule has 1 aromatic carbocycles. The molecule has 0 aliphatic carbocycles. The predicted molar refractivity (Wildman–Crippen MR) is 83.8 cm³/mol. The van der Waals surface area contributed by atoms with Crippen molar-refractivity contribution in [2.75, 3.05) is 31.1 Å². The minimum Gasteiger partial charge on any atom is -0.481 e. The first-order valence-electron chi connectivity index (χ1n) is 7.34. The first-order valence-corrected chi connectivity index (χ1v) is 7.72. The van der Waals surface area contributed by atoms with Crippen LogP contribution in [0.2, 0.25) is 5.02 Å². The second kappa shape index (κ2) is 6.08. The number of hydrogen-bond acceptors (Lipinski definition) is 3. The van der Waals surface area contributed by atoms with Crippen LogP contribution in [-0.2, 0) is 4.79 Å². The van der Waals surface area contributed by atoms with Crippen LogP contribution >= 0.6 is 11.6 Å². The topological polar surface area (TPSA) is 89.9 Å². The molecule has 0 spiro atoms. The number of likely N-dealkylation sites (tertiary alicyclic amines) is 1. The number of nitrogens with one attached hydrogen (secondary N) is 1. The van der Waals surface area contributed by atoms with Crippen LogP contribution in [0.15, 0.2) is 18.2 Å². The maximum atomic E-state index is 12.6. The SMILES string of the molecule is O=C(O)[C@@H]1CCN(C(=O)c2cc(N3CCNC3=O)ccc2Cl)C1. The molecule has 0 aromatic heterocycles. The van der Waals surface area contributed by atoms with Gasteiger partial charge in [0.1, 0.15) is 0 Å². The van der Waals surface area contributed by atoms with E-state index in [0.29, 0.717) is 31.7 Å². The molecule has 3 amide bonds. The summed E-state index contributed by atoms with van der Waals surface area (Å²) >= 11 is 6.13. The van der Waals surface area contributed by atoms with Crippen molar-refractivity contribution in [3.05, 3.63) is 28.8 Å². The molecule has 1 atom stereocenters. The standard InChI is InChI=1S/C15H16ClN3O4/c16-12-2-1-10(19-6-4-17-15(19)23)7-11(12)13(20)18-5-3-9(8-18)14(21)22/h1-2,7,9H,3-6,8H2,(H,17,23)(H,21,22)/t9-/m1/s1. The molecule has 2 aliphatic rings. The Morgan fingerprint density at radius 1 is 1.30 bits per heavy atom. The third kappa shape index (κ3) is 2.96. The Hall–Kier alpha value is -2.28. The lowest BCUT2D eigenvalue weighted by molar-refractivity contribution is -0.141. The summed E-state index contributed by atoms with van der Waals surface area (Å²) < 4.78 is 0. The molecule has 8 heteroatoms. The summed E-state index contributed by atoms with van der Waals surface area (Å²) in [5.74, 6) is -1.74. The Balaban J connectivity index is 1.83. The Labute approximate surface area is 137 Å². The third-order valence-corrected chi connectivity index (χ3v) is 4.50. The minimum atomic E-state index is -0.895. The van der Waals surface area contributed by atoms with Crippen LogP contribution in [-0.4, -0.2) is 54.1 Å². The van der Waals surface area contributed by atoms with E-state index in [4.69, 9.17) is 16.7 Å². The zero-order valence-electron chi connectivity index (χ0n) is 12.3. The zero-order valence-corrected chi connectivity index (χ0v) is 13.0. The van der Waals surface area contributed by atoms with Gasteiger partial charge in [-0.15, -0.1) is 0 Å². The molecular weight excluding hydrogens is 322 g/mol. The minimum absolute atomic E-state index is 0.179. The van der Waals surface area contributed by atoms with Crippen molar-refractivity contribution in [3.63, 3.8) is 0 Å². The van der Waals surface area contributed by atoms with Gasteiger partial charge >= 0.3 is 12.0 Å². The van der Waals surface area contributed by atoms with Crippen molar-refractivity contribution in [1.82, 2.24) is 10.2 Å². The second-order valence-corrected chi connectivity index (χ2v) is 6.03. The largest absolute Gasteiger partial charge is 0.481 e. The van der Waals surface area contributed by atoms with Gasteiger partial charge in [0.2, 0.25) is 0 Å². The number of urea groups is 1. The van der Waals surface area contributed by atoms with E-state index in [1.165, 1.54) is 9.80 Å². The number of carboxylic acid groups (broad SMARTS) is 1. The highest BCUT2D eigenvalue weighted by molar-refractivity contribution is 6.34. The molecule has 0 saturated carbocycles. The van der Waals surface area contributed by atoms with Crippen molar-refractivity contribution in [2.45, 2.75) is 6.42 Å². The first kappa shape index (κ1) is 15.6. The van der Waals surface area contributed by atoms with E-state index in [1.807, 2.05) is 0 Å². The monoisotopic (exact) mass is 337 g/mol. The molecule has 2 N–H and O–H groups in total. The van der Waals surface area contributed by atoms with E-state index in [0.717, 1.165) is 0 Å². The zero-order chi connectivity index (χ0) is 16.6. The molecule has 2 saturated heterocycles. The molecular formula is C15H16ClN3O4. The van der Waals surface area contributed by atoms with Crippen molar-refractivity contribution >= 4 is 35.2 Å². The Morgan fingerprint density at radius 3 is 2.70 bits per heavy atom. The molecule has 0 radical (unpaired) electrons. The number of carbonyl (C=O) groups excluding carboxylic acids is 2. The smallest absolute Gasteiger partial charge is 0.321 e. The molecule has 1 aromatic rings. The molecule has 2 aliphatic heterocycles. The van der Waals surface area contributed by atoms with E-state index in [1.54, 1.807) is 18.2 Å². The van der Waals surface area contributed by atoms with Crippen LogP contribution in [0.5, 0.6) is 0 Å². The van der Waals surface area contributed by atoms with Crippen molar-refractivity contribution in [1.29, 1.82) is 0 Å². The van der Waals surface area contributed by atoms with Gasteiger partial charge in [0.25, 0.3) is 5.91 Å². The summed E-state index contributed by atoms with van der Waals surface area (Å²) in [6.07, 6.45) is 0.437. The van der Waals surface area contributed by atoms with Crippen LogP contribution in [0.3, 0.4) is 0 Å². The highest BCUT2D eigenvalue weighted by Crippen LogP contribution is 2.27. The Bertz CT molecular complexity index is 679. The van der Waals surface area contributed by atoms with Crippen LogP contribution in [0, 0.1) is 5.92 Å². The van der Waals surface area contributed by atoms with Gasteiger partial charge < -0.3 is 15.3 Å². The normalized spacial score (nSPS) is 20.7. The van der Waals surface area contributed by atoms with Gasteiger partial charge in [-0.3, -0.25) is 14.5 Å². The lowest BCUT2D eigenvalue weighted by Crippen LogP contribution is -2.31. The summed E-state index contributed by atoms with van der Waals surface area (Å²) in [7, 11) is 0. The van der Waals surface area contributed by atoms with Crippen molar-refractivity contribution in [2.24, 2.45) is 5.92 Å². The van der Waals surface area contributed by atoms with Gasteiger partial charge in [0, 0.05) is 31.9 Å².